The van der Waals surface area contributed by atoms with Gasteiger partial charge in [0.1, 0.15) is 0 Å². The number of unbranched alkanes of at least 4 members (excludes halogenated alkanes) is 1. The molecule has 0 fully saturated rings. The van der Waals surface area contributed by atoms with Gasteiger partial charge in [0.15, 0.2) is 0 Å². The Balaban J connectivity index is 2.51. The van der Waals surface area contributed by atoms with E-state index in [4.69, 9.17) is 27.9 Å². The van der Waals surface area contributed by atoms with E-state index in [0.29, 0.717) is 29.3 Å². The summed E-state index contributed by atoms with van der Waals surface area (Å²) in [5, 5.41) is 0.593. The van der Waals surface area contributed by atoms with Crippen LogP contribution in [0.5, 0.6) is 5.88 Å². The zero-order chi connectivity index (χ0) is 13.4. The van der Waals surface area contributed by atoms with Gasteiger partial charge in [-0.3, -0.25) is 0 Å². The zero-order valence-corrected chi connectivity index (χ0v) is 12.6. The Morgan fingerprint density at radius 1 is 1.39 bits per heavy atom. The normalized spacial score (nSPS) is 12.4. The van der Waals surface area contributed by atoms with Gasteiger partial charge in [-0.1, -0.05) is 44.7 Å². The summed E-state index contributed by atoms with van der Waals surface area (Å²) < 4.78 is 5.73. The maximum atomic E-state index is 5.95. The second kappa shape index (κ2) is 8.60. The minimum absolute atomic E-state index is 0.380. The number of nitrogens with zero attached hydrogens (tertiary/aromatic N) is 1. The number of hydrogen-bond acceptors (Lipinski definition) is 2. The fourth-order valence-electron chi connectivity index (χ4n) is 1.74. The van der Waals surface area contributed by atoms with E-state index in [1.165, 1.54) is 19.3 Å². The van der Waals surface area contributed by atoms with Crippen molar-refractivity contribution < 1.29 is 4.74 Å². The molecule has 0 aromatic carbocycles. The molecule has 0 aliphatic heterocycles. The van der Waals surface area contributed by atoms with Crippen molar-refractivity contribution in [3.8, 4) is 5.88 Å². The predicted molar refractivity (Wildman–Crippen MR) is 77.6 cm³/mol. The smallest absolute Gasteiger partial charge is 0.213 e. The molecule has 18 heavy (non-hydrogen) atoms. The van der Waals surface area contributed by atoms with Gasteiger partial charge in [-0.25, -0.2) is 4.98 Å². The van der Waals surface area contributed by atoms with Gasteiger partial charge in [0, 0.05) is 18.1 Å². The van der Waals surface area contributed by atoms with E-state index >= 15 is 0 Å². The Labute approximate surface area is 120 Å². The van der Waals surface area contributed by atoms with Crippen molar-refractivity contribution in [2.24, 2.45) is 5.92 Å². The molecule has 0 N–H and O–H groups in total. The third-order valence-corrected chi connectivity index (χ3v) is 3.69. The second-order valence-electron chi connectivity index (χ2n) is 4.48. The van der Waals surface area contributed by atoms with Gasteiger partial charge in [-0.05, 0) is 17.9 Å². The summed E-state index contributed by atoms with van der Waals surface area (Å²) in [6, 6.07) is 1.82. The molecule has 1 rings (SSSR count). The summed E-state index contributed by atoms with van der Waals surface area (Å²) in [5.41, 5.74) is 0.866. The topological polar surface area (TPSA) is 22.1 Å². The van der Waals surface area contributed by atoms with Crippen LogP contribution >= 0.6 is 23.2 Å². The minimum atomic E-state index is 0.380. The highest BCUT2D eigenvalue weighted by Gasteiger charge is 2.08. The van der Waals surface area contributed by atoms with Crippen molar-refractivity contribution in [3.63, 3.8) is 0 Å². The summed E-state index contributed by atoms with van der Waals surface area (Å²) >= 11 is 11.7. The molecule has 0 saturated carbocycles. The fraction of sp³-hybridized carbons (Fsp3) is 0.643. The standard InChI is InChI=1S/C14H21Cl2NO/c1-3-5-6-11(4-2)10-18-14-7-12(8-15)13(16)9-17-14/h7,9,11H,3-6,8,10H2,1-2H3. The Hall–Kier alpha value is -0.470. The number of hydrogen-bond donors (Lipinski definition) is 0. The number of ether oxygens (including phenoxy) is 1. The van der Waals surface area contributed by atoms with Crippen LogP contribution in [0.25, 0.3) is 0 Å². The van der Waals surface area contributed by atoms with E-state index < -0.39 is 0 Å². The lowest BCUT2D eigenvalue weighted by molar-refractivity contribution is 0.226. The second-order valence-corrected chi connectivity index (χ2v) is 5.15. The summed E-state index contributed by atoms with van der Waals surface area (Å²) in [7, 11) is 0. The number of rotatable bonds is 8. The SMILES string of the molecule is CCCCC(CC)COc1cc(CCl)c(Cl)cn1. The first kappa shape index (κ1) is 15.6. The summed E-state index contributed by atoms with van der Waals surface area (Å²) in [6.45, 7) is 5.12. The largest absolute Gasteiger partial charge is 0.477 e. The van der Waals surface area contributed by atoms with Crippen molar-refractivity contribution in [2.75, 3.05) is 6.61 Å². The molecule has 1 atom stereocenters. The van der Waals surface area contributed by atoms with Gasteiger partial charge < -0.3 is 4.74 Å². The number of halogens is 2. The van der Waals surface area contributed by atoms with Crippen LogP contribution in [0.2, 0.25) is 5.02 Å². The Bertz CT molecular complexity index is 358. The maximum absolute atomic E-state index is 5.95. The van der Waals surface area contributed by atoms with Gasteiger partial charge >= 0.3 is 0 Å². The minimum Gasteiger partial charge on any atom is -0.477 e. The van der Waals surface area contributed by atoms with Gasteiger partial charge in [0.2, 0.25) is 5.88 Å². The highest BCUT2D eigenvalue weighted by molar-refractivity contribution is 6.32. The van der Waals surface area contributed by atoms with E-state index in [9.17, 15) is 0 Å². The first-order chi connectivity index (χ1) is 8.71. The first-order valence-electron chi connectivity index (χ1n) is 6.54. The molecule has 0 amide bonds. The van der Waals surface area contributed by atoms with Gasteiger partial charge in [0.25, 0.3) is 0 Å². The van der Waals surface area contributed by atoms with Crippen molar-refractivity contribution in [3.05, 3.63) is 22.8 Å². The van der Waals surface area contributed by atoms with Crippen LogP contribution in [0.3, 0.4) is 0 Å². The summed E-state index contributed by atoms with van der Waals surface area (Å²) in [4.78, 5) is 4.16. The molecule has 1 aromatic heterocycles. The molecule has 1 aromatic rings. The molecule has 0 bridgehead atoms. The molecule has 0 aliphatic rings. The molecular weight excluding hydrogens is 269 g/mol. The van der Waals surface area contributed by atoms with E-state index in [-0.39, 0.29) is 0 Å². The average molecular weight is 290 g/mol. The Kier molecular flexibility index (Phi) is 7.45. The fourth-order valence-corrected chi connectivity index (χ4v) is 2.20. The van der Waals surface area contributed by atoms with Crippen LogP contribution in [-0.2, 0) is 5.88 Å². The van der Waals surface area contributed by atoms with Crippen molar-refractivity contribution in [1.29, 1.82) is 0 Å². The van der Waals surface area contributed by atoms with Crippen molar-refractivity contribution in [1.82, 2.24) is 4.98 Å². The summed E-state index contributed by atoms with van der Waals surface area (Å²) in [6.07, 6.45) is 6.43. The monoisotopic (exact) mass is 289 g/mol. The van der Waals surface area contributed by atoms with E-state index in [2.05, 4.69) is 18.8 Å². The molecule has 1 heterocycles. The lowest BCUT2D eigenvalue weighted by Crippen LogP contribution is -2.12. The predicted octanol–water partition coefficient (Wildman–Crippen LogP) is 5.07. The molecule has 0 aliphatic carbocycles. The van der Waals surface area contributed by atoms with E-state index in [1.807, 2.05) is 6.07 Å². The lowest BCUT2D eigenvalue weighted by atomic mass is 10.0. The van der Waals surface area contributed by atoms with E-state index in [1.54, 1.807) is 6.20 Å². The number of alkyl halides is 1. The number of pyridine rings is 1. The summed E-state index contributed by atoms with van der Waals surface area (Å²) in [5.74, 6) is 1.59. The molecule has 4 heteroatoms. The van der Waals surface area contributed by atoms with Gasteiger partial charge in [0.05, 0.1) is 11.6 Å². The van der Waals surface area contributed by atoms with Gasteiger partial charge in [-0.2, -0.15) is 0 Å². The average Bonchev–Trinajstić information content (AvgIpc) is 2.40. The quantitative estimate of drug-likeness (QED) is 0.624. The Morgan fingerprint density at radius 2 is 2.17 bits per heavy atom. The van der Waals surface area contributed by atoms with Gasteiger partial charge in [-0.15, -0.1) is 11.6 Å². The maximum Gasteiger partial charge on any atom is 0.213 e. The third-order valence-electron chi connectivity index (χ3n) is 3.06. The lowest BCUT2D eigenvalue weighted by Gasteiger charge is -2.15. The highest BCUT2D eigenvalue weighted by Crippen LogP contribution is 2.22. The van der Waals surface area contributed by atoms with Crippen LogP contribution in [0.15, 0.2) is 12.3 Å². The van der Waals surface area contributed by atoms with Crippen LogP contribution in [0.4, 0.5) is 0 Å². The van der Waals surface area contributed by atoms with E-state index in [0.717, 1.165) is 12.0 Å². The molecule has 0 radical (unpaired) electrons. The molecule has 0 spiro atoms. The van der Waals surface area contributed by atoms with Crippen LogP contribution < -0.4 is 4.74 Å². The number of aromatic nitrogens is 1. The van der Waals surface area contributed by atoms with Crippen molar-refractivity contribution in [2.45, 2.75) is 45.4 Å². The molecular formula is C14H21Cl2NO. The molecule has 1 unspecified atom stereocenters. The van der Waals surface area contributed by atoms with Crippen LogP contribution in [0.1, 0.15) is 45.1 Å². The Morgan fingerprint density at radius 3 is 2.78 bits per heavy atom. The third kappa shape index (κ3) is 5.03. The molecule has 2 nitrogen and oxygen atoms in total. The van der Waals surface area contributed by atoms with Crippen molar-refractivity contribution >= 4 is 23.2 Å². The first-order valence-corrected chi connectivity index (χ1v) is 7.45. The van der Waals surface area contributed by atoms with Crippen LogP contribution in [0, 0.1) is 5.92 Å². The molecule has 0 saturated heterocycles. The highest BCUT2D eigenvalue weighted by atomic mass is 35.5. The molecule has 102 valence electrons. The zero-order valence-electron chi connectivity index (χ0n) is 11.1. The van der Waals surface area contributed by atoms with Crippen LogP contribution in [-0.4, -0.2) is 11.6 Å².